The Morgan fingerprint density at radius 3 is 1.85 bits per heavy atom. The fourth-order valence-electron chi connectivity index (χ4n) is 6.63. The standard InChI is InChI=1S/C38H43N5O3/c39-22-25-42-35-18-10-11-19-36(35)43(37(42)44)33-20-23-40(24-21-33)38(45)46-29-34(26-30-12-4-1-5-13-30)41(27-31-14-6-2-7-15-31)28-32-16-8-3-9-17-32/h1-19,33-34H,20-29,39H2/t34-/m0/s1. The lowest BCUT2D eigenvalue weighted by Gasteiger charge is -2.34. The zero-order valence-corrected chi connectivity index (χ0v) is 26.3. The maximum Gasteiger partial charge on any atom is 0.409 e. The van der Waals surface area contributed by atoms with Crippen LogP contribution in [0.3, 0.4) is 0 Å². The van der Waals surface area contributed by atoms with Crippen LogP contribution >= 0.6 is 0 Å². The molecule has 8 nitrogen and oxygen atoms in total. The molecule has 5 aromatic rings. The molecule has 1 fully saturated rings. The summed E-state index contributed by atoms with van der Waals surface area (Å²) in [5, 5.41) is 0. The molecule has 0 saturated carbocycles. The largest absolute Gasteiger partial charge is 0.448 e. The molecule has 8 heteroatoms. The second-order valence-corrected chi connectivity index (χ2v) is 12.1. The van der Waals surface area contributed by atoms with Gasteiger partial charge in [0.15, 0.2) is 0 Å². The Labute approximate surface area is 270 Å². The van der Waals surface area contributed by atoms with Crippen molar-refractivity contribution in [1.29, 1.82) is 0 Å². The van der Waals surface area contributed by atoms with Crippen molar-refractivity contribution >= 4 is 17.1 Å². The van der Waals surface area contributed by atoms with E-state index in [-0.39, 0.29) is 30.5 Å². The van der Waals surface area contributed by atoms with E-state index < -0.39 is 0 Å². The third-order valence-corrected chi connectivity index (χ3v) is 9.00. The molecule has 0 aliphatic carbocycles. The van der Waals surface area contributed by atoms with Gasteiger partial charge in [-0.1, -0.05) is 103 Å². The van der Waals surface area contributed by atoms with Gasteiger partial charge < -0.3 is 15.4 Å². The molecular formula is C38H43N5O3. The number of carbonyl (C=O) groups excluding carboxylic acids is 1. The number of aromatic nitrogens is 2. The van der Waals surface area contributed by atoms with Crippen LogP contribution in [0.25, 0.3) is 11.0 Å². The van der Waals surface area contributed by atoms with Crippen LogP contribution in [0.4, 0.5) is 4.79 Å². The first-order valence-corrected chi connectivity index (χ1v) is 16.3. The van der Waals surface area contributed by atoms with Gasteiger partial charge in [-0.3, -0.25) is 14.0 Å². The number of piperidine rings is 1. The number of imidazole rings is 1. The molecule has 0 radical (unpaired) electrons. The molecule has 0 bridgehead atoms. The van der Waals surface area contributed by atoms with Gasteiger partial charge in [-0.05, 0) is 48.1 Å². The molecule has 2 N–H and O–H groups in total. The van der Waals surface area contributed by atoms with Crippen LogP contribution in [0.1, 0.15) is 35.6 Å². The van der Waals surface area contributed by atoms with Crippen LogP contribution in [0, 0.1) is 0 Å². The number of nitrogens with two attached hydrogens (primary N) is 1. The molecule has 1 amide bonds. The molecule has 4 aromatic carbocycles. The number of hydrogen-bond donors (Lipinski definition) is 1. The number of carbonyl (C=O) groups is 1. The maximum atomic E-state index is 13.5. The van der Waals surface area contributed by atoms with Crippen molar-refractivity contribution in [3.05, 3.63) is 142 Å². The molecule has 1 atom stereocenters. The summed E-state index contributed by atoms with van der Waals surface area (Å²) in [5.41, 5.74) is 11.2. The summed E-state index contributed by atoms with van der Waals surface area (Å²) in [4.78, 5) is 31.1. The van der Waals surface area contributed by atoms with Crippen LogP contribution in [0.2, 0.25) is 0 Å². The Hall–Kier alpha value is -4.66. The second-order valence-electron chi connectivity index (χ2n) is 12.1. The predicted molar refractivity (Wildman–Crippen MR) is 183 cm³/mol. The van der Waals surface area contributed by atoms with E-state index in [2.05, 4.69) is 77.7 Å². The minimum Gasteiger partial charge on any atom is -0.448 e. The summed E-state index contributed by atoms with van der Waals surface area (Å²) >= 11 is 0. The van der Waals surface area contributed by atoms with Gasteiger partial charge in [0, 0.05) is 51.4 Å². The highest BCUT2D eigenvalue weighted by Crippen LogP contribution is 2.26. The fraction of sp³-hybridized carbons (Fsp3) is 0.316. The van der Waals surface area contributed by atoms with Crippen LogP contribution in [0.15, 0.2) is 120 Å². The second kappa shape index (κ2) is 15.1. The number of fused-ring (bicyclic) bond motifs is 1. The van der Waals surface area contributed by atoms with Gasteiger partial charge in [0.05, 0.1) is 11.0 Å². The summed E-state index contributed by atoms with van der Waals surface area (Å²) < 4.78 is 9.76. The van der Waals surface area contributed by atoms with Gasteiger partial charge in [-0.15, -0.1) is 0 Å². The summed E-state index contributed by atoms with van der Waals surface area (Å²) in [7, 11) is 0. The van der Waals surface area contributed by atoms with E-state index in [9.17, 15) is 9.59 Å². The van der Waals surface area contributed by atoms with E-state index in [1.807, 2.05) is 47.0 Å². The van der Waals surface area contributed by atoms with Gasteiger partial charge in [-0.2, -0.15) is 0 Å². The normalized spacial score (nSPS) is 14.5. The zero-order valence-electron chi connectivity index (χ0n) is 26.3. The molecule has 1 aliphatic heterocycles. The Kier molecular flexibility index (Phi) is 10.3. The molecule has 238 valence electrons. The lowest BCUT2D eigenvalue weighted by Crippen LogP contribution is -2.44. The predicted octanol–water partition coefficient (Wildman–Crippen LogP) is 5.85. The highest BCUT2D eigenvalue weighted by Gasteiger charge is 2.29. The molecule has 1 saturated heterocycles. The average Bonchev–Trinajstić information content (AvgIpc) is 3.38. The minimum absolute atomic E-state index is 0.0125. The van der Waals surface area contributed by atoms with E-state index >= 15 is 0 Å². The van der Waals surface area contributed by atoms with Gasteiger partial charge in [0.1, 0.15) is 6.61 Å². The van der Waals surface area contributed by atoms with E-state index in [4.69, 9.17) is 10.5 Å². The first-order valence-electron chi connectivity index (χ1n) is 16.3. The Morgan fingerprint density at radius 1 is 0.761 bits per heavy atom. The summed E-state index contributed by atoms with van der Waals surface area (Å²) in [6, 6.07) is 39.2. The van der Waals surface area contributed by atoms with Crippen molar-refractivity contribution in [2.45, 2.75) is 51.0 Å². The van der Waals surface area contributed by atoms with Crippen molar-refractivity contribution in [2.75, 3.05) is 26.2 Å². The smallest absolute Gasteiger partial charge is 0.409 e. The Morgan fingerprint density at radius 2 is 1.28 bits per heavy atom. The number of benzene rings is 4. The van der Waals surface area contributed by atoms with E-state index in [1.165, 1.54) is 16.7 Å². The summed E-state index contributed by atoms with van der Waals surface area (Å²) in [6.07, 6.45) is 1.83. The Balaban J connectivity index is 1.16. The van der Waals surface area contributed by atoms with Crippen molar-refractivity contribution in [3.8, 4) is 0 Å². The van der Waals surface area contributed by atoms with Crippen molar-refractivity contribution in [3.63, 3.8) is 0 Å². The summed E-state index contributed by atoms with van der Waals surface area (Å²) in [6.45, 7) is 3.70. The van der Waals surface area contributed by atoms with Crippen molar-refractivity contribution < 1.29 is 9.53 Å². The van der Waals surface area contributed by atoms with Gasteiger partial charge in [0.25, 0.3) is 0 Å². The average molecular weight is 618 g/mol. The Bertz CT molecular complexity index is 1700. The number of rotatable bonds is 12. The number of amides is 1. The third-order valence-electron chi connectivity index (χ3n) is 9.00. The molecular weight excluding hydrogens is 574 g/mol. The third kappa shape index (κ3) is 7.41. The monoisotopic (exact) mass is 617 g/mol. The van der Waals surface area contributed by atoms with Crippen LogP contribution in [-0.4, -0.2) is 57.3 Å². The lowest BCUT2D eigenvalue weighted by molar-refractivity contribution is 0.0517. The molecule has 1 aliphatic rings. The quantitative estimate of drug-likeness (QED) is 0.190. The van der Waals surface area contributed by atoms with Crippen LogP contribution < -0.4 is 11.4 Å². The maximum absolute atomic E-state index is 13.5. The SMILES string of the molecule is NCCn1c(=O)n(C2CCN(C(=O)OC[C@H](Cc3ccccc3)N(Cc3ccccc3)Cc3ccccc3)CC2)c2ccccc21. The highest BCUT2D eigenvalue weighted by atomic mass is 16.6. The molecule has 1 aromatic heterocycles. The van der Waals surface area contributed by atoms with Gasteiger partial charge >= 0.3 is 11.8 Å². The first-order chi connectivity index (χ1) is 22.6. The molecule has 2 heterocycles. The number of para-hydroxylation sites is 2. The van der Waals surface area contributed by atoms with Crippen LogP contribution in [-0.2, 0) is 30.8 Å². The van der Waals surface area contributed by atoms with Gasteiger partial charge in [0.2, 0.25) is 0 Å². The first kappa shape index (κ1) is 31.3. The van der Waals surface area contributed by atoms with Gasteiger partial charge in [-0.25, -0.2) is 9.59 Å². The van der Waals surface area contributed by atoms with Crippen molar-refractivity contribution in [2.24, 2.45) is 5.73 Å². The summed E-state index contributed by atoms with van der Waals surface area (Å²) in [5.74, 6) is 0. The van der Waals surface area contributed by atoms with E-state index in [0.717, 1.165) is 30.5 Å². The highest BCUT2D eigenvalue weighted by molar-refractivity contribution is 5.76. The minimum atomic E-state index is -0.297. The van der Waals surface area contributed by atoms with E-state index in [0.29, 0.717) is 39.0 Å². The van der Waals surface area contributed by atoms with E-state index in [1.54, 1.807) is 9.47 Å². The molecule has 0 spiro atoms. The molecule has 0 unspecified atom stereocenters. The fourth-order valence-corrected chi connectivity index (χ4v) is 6.63. The molecule has 46 heavy (non-hydrogen) atoms. The zero-order chi connectivity index (χ0) is 31.7. The van der Waals surface area contributed by atoms with Crippen molar-refractivity contribution in [1.82, 2.24) is 18.9 Å². The van der Waals surface area contributed by atoms with Crippen LogP contribution in [0.5, 0.6) is 0 Å². The lowest BCUT2D eigenvalue weighted by atomic mass is 10.0. The topological polar surface area (TPSA) is 85.7 Å². The number of nitrogens with zero attached hydrogens (tertiary/aromatic N) is 4. The number of likely N-dealkylation sites (tertiary alicyclic amines) is 1. The number of ether oxygens (including phenoxy) is 1. The molecule has 6 rings (SSSR count). The number of hydrogen-bond acceptors (Lipinski definition) is 5.